The third-order valence-corrected chi connectivity index (χ3v) is 7.90. The lowest BCUT2D eigenvalue weighted by atomic mass is 9.89. The van der Waals surface area contributed by atoms with Gasteiger partial charge in [-0.15, -0.1) is 10.2 Å². The summed E-state index contributed by atoms with van der Waals surface area (Å²) < 4.78 is 1.77. The highest BCUT2D eigenvalue weighted by atomic mass is 35.5. The van der Waals surface area contributed by atoms with Crippen LogP contribution in [0.4, 0.5) is 0 Å². The van der Waals surface area contributed by atoms with E-state index < -0.39 is 0 Å². The van der Waals surface area contributed by atoms with Gasteiger partial charge >= 0.3 is 0 Å². The molecule has 2 aliphatic rings. The molecule has 1 aliphatic heterocycles. The van der Waals surface area contributed by atoms with E-state index in [0.29, 0.717) is 45.9 Å². The molecule has 0 saturated carbocycles. The molecule has 3 aromatic rings. The molecule has 0 N–H and O–H groups in total. The number of rotatable bonds is 7. The van der Waals surface area contributed by atoms with Gasteiger partial charge in [0.05, 0.1) is 10.6 Å². The summed E-state index contributed by atoms with van der Waals surface area (Å²) in [5, 5.41) is 11.6. The minimum Gasteiger partial charge on any atom is -0.294 e. The van der Waals surface area contributed by atoms with Gasteiger partial charge < -0.3 is 0 Å². The van der Waals surface area contributed by atoms with Crippen LogP contribution < -0.4 is 5.01 Å². The number of carbonyl (C=O) groups is 2. The molecule has 5 rings (SSSR count). The van der Waals surface area contributed by atoms with Crippen molar-refractivity contribution < 1.29 is 9.59 Å². The number of aromatic nitrogens is 3. The summed E-state index contributed by atoms with van der Waals surface area (Å²) in [6.07, 6.45) is 6.59. The van der Waals surface area contributed by atoms with Crippen molar-refractivity contribution in [2.75, 3.05) is 5.01 Å². The molecular weight excluding hydrogens is 492 g/mol. The number of nitrogens with zero attached hydrogens (tertiary/aromatic N) is 4. The number of hydrogen-bond donors (Lipinski definition) is 0. The lowest BCUT2D eigenvalue weighted by molar-refractivity contribution is -0.119. The Hall–Kier alpha value is -2.90. The molecule has 0 radical (unpaired) electrons. The van der Waals surface area contributed by atoms with Crippen LogP contribution in [-0.2, 0) is 22.4 Å². The van der Waals surface area contributed by atoms with E-state index in [9.17, 15) is 9.59 Å². The predicted octanol–water partition coefficient (Wildman–Crippen LogP) is 6.59. The van der Waals surface area contributed by atoms with Crippen molar-refractivity contribution in [3.05, 3.63) is 69.1 Å². The Morgan fingerprint density at radius 1 is 0.917 bits per heavy atom. The SMILES string of the molecule is CCCC(=O)C1=C(c2ccc3c(c2)CCCC3)N(C(=O)CCC)n2c(nnc2-c2ccc(Cl)cc2)S1. The van der Waals surface area contributed by atoms with Gasteiger partial charge in [-0.05, 0) is 91.7 Å². The second kappa shape index (κ2) is 10.6. The van der Waals surface area contributed by atoms with Crippen LogP contribution in [0.1, 0.15) is 69.1 Å². The first-order valence-electron chi connectivity index (χ1n) is 12.6. The predicted molar refractivity (Wildman–Crippen MR) is 144 cm³/mol. The molecule has 0 saturated heterocycles. The standard InChI is InChI=1S/C28H29ClN4O2S/c1-3-7-23(34)26-25(21-12-11-18-9-5-6-10-20(18)17-21)32(24(35)8-4-2)33-27(30-31-28(33)36-26)19-13-15-22(29)16-14-19/h11-17H,3-10H2,1-2H3. The number of benzene rings is 2. The summed E-state index contributed by atoms with van der Waals surface area (Å²) in [6.45, 7) is 3.97. The molecule has 0 bridgehead atoms. The Balaban J connectivity index is 1.73. The van der Waals surface area contributed by atoms with Crippen LogP contribution in [0, 0.1) is 0 Å². The lowest BCUT2D eigenvalue weighted by Crippen LogP contribution is -2.42. The van der Waals surface area contributed by atoms with Crippen molar-refractivity contribution in [2.24, 2.45) is 0 Å². The van der Waals surface area contributed by atoms with Gasteiger partial charge in [-0.25, -0.2) is 5.01 Å². The van der Waals surface area contributed by atoms with Gasteiger partial charge in [-0.2, -0.15) is 4.68 Å². The number of fused-ring (bicyclic) bond motifs is 2. The molecular formula is C28H29ClN4O2S. The van der Waals surface area contributed by atoms with E-state index in [1.54, 1.807) is 21.8 Å². The first-order chi connectivity index (χ1) is 17.5. The minimum atomic E-state index is -0.0939. The fourth-order valence-electron chi connectivity index (χ4n) is 4.84. The number of allylic oxidation sites excluding steroid dienone is 1. The zero-order chi connectivity index (χ0) is 25.2. The van der Waals surface area contributed by atoms with E-state index in [0.717, 1.165) is 36.8 Å². The third kappa shape index (κ3) is 4.62. The van der Waals surface area contributed by atoms with Gasteiger partial charge in [0.2, 0.25) is 11.1 Å². The Kier molecular flexibility index (Phi) is 7.30. The van der Waals surface area contributed by atoms with Crippen LogP contribution >= 0.6 is 23.4 Å². The van der Waals surface area contributed by atoms with Gasteiger partial charge in [0, 0.05) is 29.0 Å². The number of halogens is 1. The normalized spacial score (nSPS) is 15.0. The summed E-state index contributed by atoms with van der Waals surface area (Å²) in [6, 6.07) is 13.7. The van der Waals surface area contributed by atoms with Crippen molar-refractivity contribution in [1.29, 1.82) is 0 Å². The number of Topliss-reactive ketones (excluding diaryl/α,β-unsaturated/α-hetero) is 1. The maximum atomic E-state index is 13.8. The quantitative estimate of drug-likeness (QED) is 0.351. The zero-order valence-electron chi connectivity index (χ0n) is 20.6. The second-order valence-electron chi connectivity index (χ2n) is 9.22. The van der Waals surface area contributed by atoms with Crippen LogP contribution in [-0.4, -0.2) is 26.6 Å². The smallest absolute Gasteiger partial charge is 0.246 e. The monoisotopic (exact) mass is 520 g/mol. The number of aryl methyl sites for hydroxylation is 2. The maximum absolute atomic E-state index is 13.8. The Morgan fingerprint density at radius 2 is 1.61 bits per heavy atom. The van der Waals surface area contributed by atoms with Crippen LogP contribution in [0.25, 0.3) is 17.1 Å². The molecule has 8 heteroatoms. The largest absolute Gasteiger partial charge is 0.294 e. The number of amides is 1. The van der Waals surface area contributed by atoms with E-state index >= 15 is 0 Å². The highest BCUT2D eigenvalue weighted by Crippen LogP contribution is 2.43. The molecule has 0 atom stereocenters. The molecule has 0 fully saturated rings. The van der Waals surface area contributed by atoms with E-state index in [1.165, 1.54) is 29.3 Å². The van der Waals surface area contributed by atoms with Crippen LogP contribution in [0.5, 0.6) is 0 Å². The molecule has 36 heavy (non-hydrogen) atoms. The number of carbonyl (C=O) groups excluding carboxylic acids is 2. The fourth-order valence-corrected chi connectivity index (χ4v) is 6.01. The number of ketones is 1. The second-order valence-corrected chi connectivity index (χ2v) is 10.6. The zero-order valence-corrected chi connectivity index (χ0v) is 22.2. The molecule has 0 unspecified atom stereocenters. The molecule has 1 aromatic heterocycles. The van der Waals surface area contributed by atoms with Crippen molar-refractivity contribution in [1.82, 2.24) is 14.9 Å². The Morgan fingerprint density at radius 3 is 2.33 bits per heavy atom. The van der Waals surface area contributed by atoms with Crippen molar-refractivity contribution >= 4 is 40.8 Å². The summed E-state index contributed by atoms with van der Waals surface area (Å²) in [4.78, 5) is 27.8. The van der Waals surface area contributed by atoms with Crippen molar-refractivity contribution in [3.63, 3.8) is 0 Å². The van der Waals surface area contributed by atoms with Gasteiger partial charge in [0.15, 0.2) is 11.6 Å². The maximum Gasteiger partial charge on any atom is 0.246 e. The average Bonchev–Trinajstić information content (AvgIpc) is 3.31. The fraction of sp³-hybridized carbons (Fsp3) is 0.357. The molecule has 6 nitrogen and oxygen atoms in total. The Bertz CT molecular complexity index is 1350. The summed E-state index contributed by atoms with van der Waals surface area (Å²) in [5.74, 6) is 0.464. The highest BCUT2D eigenvalue weighted by Gasteiger charge is 2.37. The van der Waals surface area contributed by atoms with E-state index in [4.69, 9.17) is 11.6 Å². The average molecular weight is 521 g/mol. The van der Waals surface area contributed by atoms with Crippen LogP contribution in [0.3, 0.4) is 0 Å². The Labute approximate surface area is 220 Å². The van der Waals surface area contributed by atoms with Gasteiger partial charge in [0.25, 0.3) is 0 Å². The van der Waals surface area contributed by atoms with Gasteiger partial charge in [-0.1, -0.05) is 37.6 Å². The molecule has 2 heterocycles. The van der Waals surface area contributed by atoms with Crippen LogP contribution in [0.2, 0.25) is 5.02 Å². The lowest BCUT2D eigenvalue weighted by Gasteiger charge is -2.33. The summed E-state index contributed by atoms with van der Waals surface area (Å²) in [7, 11) is 0. The first-order valence-corrected chi connectivity index (χ1v) is 13.8. The highest BCUT2D eigenvalue weighted by molar-refractivity contribution is 8.04. The summed E-state index contributed by atoms with van der Waals surface area (Å²) in [5.41, 5.74) is 4.96. The third-order valence-electron chi connectivity index (χ3n) is 6.59. The van der Waals surface area contributed by atoms with E-state index in [-0.39, 0.29) is 11.7 Å². The van der Waals surface area contributed by atoms with E-state index in [1.807, 2.05) is 26.0 Å². The van der Waals surface area contributed by atoms with Crippen LogP contribution in [0.15, 0.2) is 52.5 Å². The van der Waals surface area contributed by atoms with Crippen molar-refractivity contribution in [3.8, 4) is 11.4 Å². The summed E-state index contributed by atoms with van der Waals surface area (Å²) >= 11 is 7.43. The first kappa shape index (κ1) is 24.8. The number of hydrogen-bond acceptors (Lipinski definition) is 5. The van der Waals surface area contributed by atoms with Gasteiger partial charge in [0.1, 0.15) is 0 Å². The molecule has 1 amide bonds. The molecule has 186 valence electrons. The minimum absolute atomic E-state index is 0.0202. The topological polar surface area (TPSA) is 68.1 Å². The van der Waals surface area contributed by atoms with Gasteiger partial charge in [-0.3, -0.25) is 9.59 Å². The molecule has 2 aromatic carbocycles. The number of thioether (sulfide) groups is 1. The van der Waals surface area contributed by atoms with E-state index in [2.05, 4.69) is 28.4 Å². The molecule has 0 spiro atoms. The molecule has 1 aliphatic carbocycles. The van der Waals surface area contributed by atoms with Crippen molar-refractivity contribution in [2.45, 2.75) is 70.4 Å².